The number of rotatable bonds is 7. The van der Waals surface area contributed by atoms with Crippen LogP contribution in [0.25, 0.3) is 0 Å². The molecule has 1 aliphatic heterocycles. The third-order valence-electron chi connectivity index (χ3n) is 6.05. The van der Waals surface area contributed by atoms with Gasteiger partial charge >= 0.3 is 5.97 Å². The molecule has 192 valence electrons. The Morgan fingerprint density at radius 3 is 2.41 bits per heavy atom. The summed E-state index contributed by atoms with van der Waals surface area (Å²) in [7, 11) is -4.27. The van der Waals surface area contributed by atoms with Crippen LogP contribution in [0.15, 0.2) is 65.6 Å². The lowest BCUT2D eigenvalue weighted by atomic mass is 10.1. The van der Waals surface area contributed by atoms with Gasteiger partial charge in [0, 0.05) is 11.6 Å². The molecule has 4 rings (SSSR count). The lowest BCUT2D eigenvalue weighted by molar-refractivity contribution is -0.125. The molecule has 9 nitrogen and oxygen atoms in total. The minimum atomic E-state index is -4.27. The second-order valence-electron chi connectivity index (χ2n) is 8.67. The van der Waals surface area contributed by atoms with Crippen molar-refractivity contribution in [2.75, 3.05) is 9.62 Å². The predicted molar refractivity (Wildman–Crippen MR) is 139 cm³/mol. The first-order valence-corrected chi connectivity index (χ1v) is 13.1. The Morgan fingerprint density at radius 1 is 1.05 bits per heavy atom. The molecule has 0 aliphatic carbocycles. The Hall–Kier alpha value is -3.89. The van der Waals surface area contributed by atoms with Gasteiger partial charge in [-0.05, 0) is 66.9 Å². The van der Waals surface area contributed by atoms with Gasteiger partial charge in [-0.25, -0.2) is 13.2 Å². The number of amides is 2. The number of halogens is 1. The van der Waals surface area contributed by atoms with Gasteiger partial charge in [-0.2, -0.15) is 0 Å². The van der Waals surface area contributed by atoms with E-state index >= 15 is 0 Å². The molecule has 1 atom stereocenters. The highest BCUT2D eigenvalue weighted by molar-refractivity contribution is 7.93. The number of sulfonamides is 1. The molecule has 1 heterocycles. The Morgan fingerprint density at radius 2 is 1.73 bits per heavy atom. The maximum Gasteiger partial charge on any atom is 0.335 e. The van der Waals surface area contributed by atoms with E-state index in [0.29, 0.717) is 27.4 Å². The number of benzene rings is 3. The summed E-state index contributed by atoms with van der Waals surface area (Å²) in [6.07, 6.45) is -0.432. The average Bonchev–Trinajstić information content (AvgIpc) is 2.85. The molecule has 0 spiro atoms. The topological polar surface area (TPSA) is 133 Å². The highest BCUT2D eigenvalue weighted by Crippen LogP contribution is 2.38. The van der Waals surface area contributed by atoms with Crippen LogP contribution in [0, 0.1) is 13.8 Å². The number of carboxylic acid groups (broad SMARTS) is 1. The monoisotopic (exact) mass is 541 g/mol. The van der Waals surface area contributed by atoms with E-state index in [4.69, 9.17) is 16.7 Å². The number of nitrogens with one attached hydrogen (secondary N) is 2. The van der Waals surface area contributed by atoms with Crippen molar-refractivity contribution in [1.29, 1.82) is 0 Å². The van der Waals surface area contributed by atoms with Crippen LogP contribution in [-0.2, 0) is 26.2 Å². The second kappa shape index (κ2) is 10.2. The molecule has 3 aromatic carbocycles. The van der Waals surface area contributed by atoms with Crippen LogP contribution < -0.4 is 14.9 Å². The van der Waals surface area contributed by atoms with Crippen LogP contribution in [0.1, 0.15) is 33.5 Å². The van der Waals surface area contributed by atoms with Crippen molar-refractivity contribution in [2.24, 2.45) is 0 Å². The van der Waals surface area contributed by atoms with E-state index in [-0.39, 0.29) is 22.7 Å². The molecule has 0 radical (unpaired) electrons. The van der Waals surface area contributed by atoms with Gasteiger partial charge in [0.15, 0.2) is 0 Å². The molecule has 0 unspecified atom stereocenters. The summed E-state index contributed by atoms with van der Waals surface area (Å²) in [5.74, 6) is -2.25. The number of carbonyl (C=O) groups excluding carboxylic acids is 2. The van der Waals surface area contributed by atoms with Gasteiger partial charge in [0.25, 0.3) is 10.0 Å². The van der Waals surface area contributed by atoms with Crippen LogP contribution in [0.4, 0.5) is 11.4 Å². The fraction of sp³-hybridized carbons (Fsp3) is 0.192. The standard InChI is InChI=1S/C26H24ClN3O6S/c1-15-12-23(16(2)11-19(15)27)37(35,36)30-21-6-4-3-5-20(21)29-25(32)22(30)13-24(31)28-14-17-7-9-18(10-8-17)26(33)34/h3-12,22H,13-14H2,1-2H3,(H,28,31)(H,29,32)(H,33,34)/t22-/m1/s1. The number of fused-ring (bicyclic) bond motifs is 1. The van der Waals surface area contributed by atoms with Crippen LogP contribution in [0.2, 0.25) is 5.02 Å². The van der Waals surface area contributed by atoms with Crippen molar-refractivity contribution < 1.29 is 27.9 Å². The van der Waals surface area contributed by atoms with Crippen molar-refractivity contribution in [3.63, 3.8) is 0 Å². The van der Waals surface area contributed by atoms with E-state index in [9.17, 15) is 22.8 Å². The Balaban J connectivity index is 1.64. The minimum absolute atomic E-state index is 0.0113. The van der Waals surface area contributed by atoms with Gasteiger partial charge < -0.3 is 15.7 Å². The van der Waals surface area contributed by atoms with Crippen molar-refractivity contribution in [1.82, 2.24) is 5.32 Å². The number of carboxylic acids is 1. The number of hydrogen-bond donors (Lipinski definition) is 3. The Bertz CT molecular complexity index is 1510. The van der Waals surface area contributed by atoms with Crippen molar-refractivity contribution in [2.45, 2.75) is 37.8 Å². The van der Waals surface area contributed by atoms with Gasteiger partial charge in [0.05, 0.1) is 28.3 Å². The smallest absolute Gasteiger partial charge is 0.335 e. The quantitative estimate of drug-likeness (QED) is 0.416. The number of hydrogen-bond acceptors (Lipinski definition) is 5. The van der Waals surface area contributed by atoms with E-state index in [2.05, 4.69) is 10.6 Å². The number of carbonyl (C=O) groups is 3. The zero-order valence-electron chi connectivity index (χ0n) is 20.0. The van der Waals surface area contributed by atoms with Crippen LogP contribution in [0.5, 0.6) is 0 Å². The zero-order valence-corrected chi connectivity index (χ0v) is 21.6. The molecule has 0 fully saturated rings. The summed E-state index contributed by atoms with van der Waals surface area (Å²) >= 11 is 6.18. The number of aryl methyl sites for hydroxylation is 2. The first kappa shape index (κ1) is 26.2. The normalized spacial score (nSPS) is 15.1. The predicted octanol–water partition coefficient (Wildman–Crippen LogP) is 3.88. The third kappa shape index (κ3) is 5.30. The van der Waals surface area contributed by atoms with Crippen LogP contribution in [0.3, 0.4) is 0 Å². The molecule has 0 saturated heterocycles. The summed E-state index contributed by atoms with van der Waals surface area (Å²) < 4.78 is 28.9. The first-order chi connectivity index (χ1) is 17.5. The van der Waals surface area contributed by atoms with Crippen LogP contribution in [-0.4, -0.2) is 37.3 Å². The van der Waals surface area contributed by atoms with Gasteiger partial charge in [0.2, 0.25) is 11.8 Å². The lowest BCUT2D eigenvalue weighted by Crippen LogP contribution is -2.52. The summed E-state index contributed by atoms with van der Waals surface area (Å²) in [4.78, 5) is 37.0. The molecular weight excluding hydrogens is 518 g/mol. The fourth-order valence-corrected chi connectivity index (χ4v) is 6.23. The average molecular weight is 542 g/mol. The molecule has 1 aliphatic rings. The summed E-state index contributed by atoms with van der Waals surface area (Å²) in [5.41, 5.74) is 2.29. The molecular formula is C26H24ClN3O6S. The summed E-state index contributed by atoms with van der Waals surface area (Å²) in [6, 6.07) is 14.1. The van der Waals surface area contributed by atoms with Gasteiger partial charge in [-0.3, -0.25) is 13.9 Å². The third-order valence-corrected chi connectivity index (χ3v) is 8.42. The maximum absolute atomic E-state index is 14.0. The molecule has 0 aromatic heterocycles. The molecule has 2 amide bonds. The number of aromatic carboxylic acids is 1. The highest BCUT2D eigenvalue weighted by atomic mass is 35.5. The van der Waals surface area contributed by atoms with E-state index in [1.807, 2.05) is 0 Å². The van der Waals surface area contributed by atoms with E-state index in [1.165, 1.54) is 18.2 Å². The van der Waals surface area contributed by atoms with Gasteiger partial charge in [-0.15, -0.1) is 0 Å². The Labute approximate surface area is 219 Å². The van der Waals surface area contributed by atoms with E-state index in [1.54, 1.807) is 56.3 Å². The van der Waals surface area contributed by atoms with Crippen molar-refractivity contribution in [3.05, 3.63) is 87.9 Å². The summed E-state index contributed by atoms with van der Waals surface area (Å²) in [5, 5.41) is 14.8. The SMILES string of the molecule is Cc1cc(S(=O)(=O)N2c3ccccc3NC(=O)[C@H]2CC(=O)NCc2ccc(C(=O)O)cc2)c(C)cc1Cl. The lowest BCUT2D eigenvalue weighted by Gasteiger charge is -2.37. The van der Waals surface area contributed by atoms with Crippen LogP contribution >= 0.6 is 11.6 Å². The zero-order chi connectivity index (χ0) is 26.9. The number of para-hydroxylation sites is 2. The second-order valence-corrected chi connectivity index (χ2v) is 10.9. The van der Waals surface area contributed by atoms with E-state index < -0.39 is 40.3 Å². The molecule has 3 aromatic rings. The largest absolute Gasteiger partial charge is 0.478 e. The molecule has 3 N–H and O–H groups in total. The molecule has 37 heavy (non-hydrogen) atoms. The van der Waals surface area contributed by atoms with Crippen molar-refractivity contribution in [3.8, 4) is 0 Å². The fourth-order valence-electron chi connectivity index (χ4n) is 4.09. The first-order valence-electron chi connectivity index (χ1n) is 11.3. The van der Waals surface area contributed by atoms with E-state index in [0.717, 1.165) is 4.31 Å². The molecule has 11 heteroatoms. The maximum atomic E-state index is 14.0. The summed E-state index contributed by atoms with van der Waals surface area (Å²) in [6.45, 7) is 3.38. The number of nitrogens with zero attached hydrogens (tertiary/aromatic N) is 1. The minimum Gasteiger partial charge on any atom is -0.478 e. The Kier molecular flexibility index (Phi) is 7.24. The van der Waals surface area contributed by atoms with Crippen molar-refractivity contribution >= 4 is 50.8 Å². The highest BCUT2D eigenvalue weighted by Gasteiger charge is 2.42. The van der Waals surface area contributed by atoms with Gasteiger partial charge in [-0.1, -0.05) is 35.9 Å². The number of anilines is 2. The molecule has 0 bridgehead atoms. The molecule has 0 saturated carbocycles. The van der Waals surface area contributed by atoms with Gasteiger partial charge in [0.1, 0.15) is 6.04 Å².